The summed E-state index contributed by atoms with van der Waals surface area (Å²) in [6.07, 6.45) is -4.69. The third kappa shape index (κ3) is 7.19. The van der Waals surface area contributed by atoms with Crippen molar-refractivity contribution in [3.63, 3.8) is 0 Å². The van der Waals surface area contributed by atoms with Crippen molar-refractivity contribution in [2.45, 2.75) is 33.9 Å². The van der Waals surface area contributed by atoms with E-state index in [2.05, 4.69) is 164 Å². The van der Waals surface area contributed by atoms with Crippen LogP contribution in [0.1, 0.15) is 33.4 Å². The summed E-state index contributed by atoms with van der Waals surface area (Å²) in [5.74, 6) is 0. The summed E-state index contributed by atoms with van der Waals surface area (Å²) in [5.41, 5.74) is 16.4. The average molecular weight is 938 g/mol. The Morgan fingerprint density at radius 2 is 0.694 bits per heavy atom. The molecule has 0 aliphatic heterocycles. The minimum atomic E-state index is -4.69. The molecule has 0 saturated heterocycles. The second-order valence-electron chi connectivity index (χ2n) is 18.9. The van der Waals surface area contributed by atoms with Gasteiger partial charge in [0.1, 0.15) is 11.6 Å². The number of fused-ring (bicyclic) bond motifs is 6. The van der Waals surface area contributed by atoms with E-state index in [1.165, 1.54) is 12.1 Å². The number of halogens is 3. The van der Waals surface area contributed by atoms with Crippen LogP contribution >= 0.6 is 0 Å². The average Bonchev–Trinajstić information content (AvgIpc) is 3.89. The van der Waals surface area contributed by atoms with Crippen LogP contribution in [0.2, 0.25) is 0 Å². The first-order valence-corrected chi connectivity index (χ1v) is 24.1. The molecule has 3 nitrogen and oxygen atoms in total. The molecule has 346 valence electrons. The van der Waals surface area contributed by atoms with Gasteiger partial charge in [-0.1, -0.05) is 170 Å². The predicted molar refractivity (Wildman–Crippen MR) is 291 cm³/mol. The molecule has 0 fully saturated rings. The standard InChI is InChI=1S/C66H46F3N3/c1-40-15-5-9-19-48(40)44-25-29-53-54-30-26-45(49-20-10-6-16-41(49)2)36-62(54)71(61(53)35-44)60-34-33-57(52-23-13-14-24-59(52)66(67,68)69)65(58(60)39-70)72-63-37-46(50-21-11-7-17-42(50)3)27-31-55(63)56-32-28-47(38-64(56)72)51-22-12-8-18-43(51)4/h5-38H,1-4H3. The van der Waals surface area contributed by atoms with Crippen LogP contribution in [0.5, 0.6) is 0 Å². The van der Waals surface area contributed by atoms with Gasteiger partial charge in [0.15, 0.2) is 0 Å². The molecule has 0 N–H and O–H groups in total. The Morgan fingerprint density at radius 3 is 1.04 bits per heavy atom. The van der Waals surface area contributed by atoms with Crippen molar-refractivity contribution in [2.24, 2.45) is 0 Å². The van der Waals surface area contributed by atoms with Gasteiger partial charge in [-0.2, -0.15) is 18.4 Å². The fraction of sp³-hybridized carbons (Fsp3) is 0.0758. The van der Waals surface area contributed by atoms with Crippen LogP contribution in [0.4, 0.5) is 13.2 Å². The van der Waals surface area contributed by atoms with Gasteiger partial charge < -0.3 is 9.13 Å². The van der Waals surface area contributed by atoms with E-state index >= 15 is 13.2 Å². The van der Waals surface area contributed by atoms with Crippen molar-refractivity contribution in [2.75, 3.05) is 0 Å². The van der Waals surface area contributed by atoms with Crippen molar-refractivity contribution in [1.82, 2.24) is 9.13 Å². The Hall–Kier alpha value is -8.92. The maximum Gasteiger partial charge on any atom is 0.417 e. The number of benzene rings is 10. The van der Waals surface area contributed by atoms with E-state index in [9.17, 15) is 5.26 Å². The molecule has 6 heteroatoms. The van der Waals surface area contributed by atoms with E-state index in [0.29, 0.717) is 11.4 Å². The van der Waals surface area contributed by atoms with Crippen LogP contribution in [0, 0.1) is 39.0 Å². The van der Waals surface area contributed by atoms with Gasteiger partial charge in [0, 0.05) is 27.1 Å². The molecule has 72 heavy (non-hydrogen) atoms. The van der Waals surface area contributed by atoms with Crippen molar-refractivity contribution in [3.8, 4) is 73.1 Å². The van der Waals surface area contributed by atoms with Gasteiger partial charge in [0.2, 0.25) is 0 Å². The molecule has 0 spiro atoms. The first-order valence-electron chi connectivity index (χ1n) is 24.1. The fourth-order valence-corrected chi connectivity index (χ4v) is 11.1. The van der Waals surface area contributed by atoms with Crippen LogP contribution in [0.25, 0.3) is 111 Å². The quantitative estimate of drug-likeness (QED) is 0.157. The second kappa shape index (κ2) is 17.2. The SMILES string of the molecule is Cc1ccccc1-c1ccc2c3ccc(-c4ccccc4C)cc3n(-c3ccc(-c4ccccc4C(F)(F)F)c(-n4c5cc(-c6ccccc6C)ccc5c5ccc(-c6ccccc6C)cc54)c3C#N)c2c1. The van der Waals surface area contributed by atoms with Gasteiger partial charge in [0.25, 0.3) is 0 Å². The maximum atomic E-state index is 15.4. The highest BCUT2D eigenvalue weighted by molar-refractivity contribution is 6.14. The van der Waals surface area contributed by atoms with E-state index in [1.807, 2.05) is 54.6 Å². The fourth-order valence-electron chi connectivity index (χ4n) is 11.1. The molecule has 0 radical (unpaired) electrons. The summed E-state index contributed by atoms with van der Waals surface area (Å²) in [6, 6.07) is 70.6. The zero-order valence-electron chi connectivity index (χ0n) is 40.1. The molecule has 0 atom stereocenters. The number of aryl methyl sites for hydroxylation is 4. The normalized spacial score (nSPS) is 11.8. The smallest absolute Gasteiger partial charge is 0.308 e. The van der Waals surface area contributed by atoms with Crippen molar-refractivity contribution >= 4 is 43.6 Å². The molecule has 2 heterocycles. The van der Waals surface area contributed by atoms with Crippen LogP contribution in [-0.4, -0.2) is 9.13 Å². The van der Waals surface area contributed by atoms with E-state index in [4.69, 9.17) is 0 Å². The summed E-state index contributed by atoms with van der Waals surface area (Å²) < 4.78 is 50.5. The summed E-state index contributed by atoms with van der Waals surface area (Å²) in [4.78, 5) is 0. The van der Waals surface area contributed by atoms with E-state index in [0.717, 1.165) is 116 Å². The molecular weight excluding hydrogens is 892 g/mol. The number of nitriles is 1. The lowest BCUT2D eigenvalue weighted by atomic mass is 9.94. The van der Waals surface area contributed by atoms with Gasteiger partial charge in [-0.15, -0.1) is 0 Å². The molecule has 0 aliphatic rings. The molecule has 0 amide bonds. The van der Waals surface area contributed by atoms with Gasteiger partial charge >= 0.3 is 6.18 Å². The van der Waals surface area contributed by atoms with Crippen molar-refractivity contribution in [1.29, 1.82) is 5.26 Å². The molecule has 10 aromatic carbocycles. The lowest BCUT2D eigenvalue weighted by Crippen LogP contribution is -2.10. The first kappa shape index (κ1) is 44.3. The van der Waals surface area contributed by atoms with Crippen LogP contribution in [0.3, 0.4) is 0 Å². The van der Waals surface area contributed by atoms with Crippen LogP contribution in [-0.2, 0) is 6.18 Å². The summed E-state index contributed by atoms with van der Waals surface area (Å²) in [5, 5.41) is 15.8. The number of hydrogen-bond acceptors (Lipinski definition) is 1. The summed E-state index contributed by atoms with van der Waals surface area (Å²) in [6.45, 7) is 8.35. The van der Waals surface area contributed by atoms with Gasteiger partial charge in [-0.25, -0.2) is 0 Å². The highest BCUT2D eigenvalue weighted by atomic mass is 19.4. The van der Waals surface area contributed by atoms with Crippen molar-refractivity contribution in [3.05, 3.63) is 240 Å². The minimum Gasteiger partial charge on any atom is -0.308 e. The number of rotatable bonds is 7. The lowest BCUT2D eigenvalue weighted by Gasteiger charge is -2.22. The number of aromatic nitrogens is 2. The number of hydrogen-bond donors (Lipinski definition) is 0. The van der Waals surface area contributed by atoms with Crippen LogP contribution < -0.4 is 0 Å². The van der Waals surface area contributed by atoms with Gasteiger partial charge in [-0.05, 0) is 136 Å². The first-order chi connectivity index (χ1) is 35.0. The molecule has 0 unspecified atom stereocenters. The Labute approximate surface area is 415 Å². The van der Waals surface area contributed by atoms with Crippen molar-refractivity contribution < 1.29 is 13.2 Å². The molecule has 0 bridgehead atoms. The molecule has 12 aromatic rings. The third-order valence-electron chi connectivity index (χ3n) is 14.6. The highest BCUT2D eigenvalue weighted by Gasteiger charge is 2.35. The minimum absolute atomic E-state index is 0.0194. The Bertz CT molecular complexity index is 4010. The molecule has 2 aromatic heterocycles. The zero-order valence-corrected chi connectivity index (χ0v) is 40.1. The topological polar surface area (TPSA) is 33.6 Å². The number of nitrogens with zero attached hydrogens (tertiary/aromatic N) is 3. The monoisotopic (exact) mass is 937 g/mol. The number of alkyl halides is 3. The van der Waals surface area contributed by atoms with Crippen LogP contribution in [0.15, 0.2) is 206 Å². The Balaban J connectivity index is 1.27. The summed E-state index contributed by atoms with van der Waals surface area (Å²) in [7, 11) is 0. The molecule has 12 rings (SSSR count). The Kier molecular flexibility index (Phi) is 10.6. The zero-order chi connectivity index (χ0) is 49.4. The van der Waals surface area contributed by atoms with Gasteiger partial charge in [0.05, 0.1) is 39.0 Å². The summed E-state index contributed by atoms with van der Waals surface area (Å²) >= 11 is 0. The Morgan fingerprint density at radius 1 is 0.361 bits per heavy atom. The largest absolute Gasteiger partial charge is 0.417 e. The third-order valence-corrected chi connectivity index (χ3v) is 14.6. The molecule has 0 saturated carbocycles. The van der Waals surface area contributed by atoms with Gasteiger partial charge in [-0.3, -0.25) is 0 Å². The predicted octanol–water partition coefficient (Wildman–Crippen LogP) is 18.3. The molecular formula is C66H46F3N3. The lowest BCUT2D eigenvalue weighted by molar-refractivity contribution is -0.137. The second-order valence-corrected chi connectivity index (χ2v) is 18.9. The van der Waals surface area contributed by atoms with E-state index < -0.39 is 11.7 Å². The van der Waals surface area contributed by atoms with E-state index in [-0.39, 0.29) is 16.7 Å². The highest BCUT2D eigenvalue weighted by Crippen LogP contribution is 2.47. The van der Waals surface area contributed by atoms with E-state index in [1.54, 1.807) is 12.1 Å². The maximum absolute atomic E-state index is 15.4. The molecule has 0 aliphatic carbocycles.